The lowest BCUT2D eigenvalue weighted by molar-refractivity contribution is -0.148. The maximum atomic E-state index is 11.3. The van der Waals surface area contributed by atoms with Crippen LogP contribution < -0.4 is 5.32 Å². The number of carbonyl (C=O) groups excluding carboxylic acids is 2. The van der Waals surface area contributed by atoms with Crippen molar-refractivity contribution >= 4 is 11.8 Å². The second-order valence-corrected chi connectivity index (χ2v) is 4.20. The first-order chi connectivity index (χ1) is 6.69. The van der Waals surface area contributed by atoms with Crippen LogP contribution in [0.1, 0.15) is 25.7 Å². The van der Waals surface area contributed by atoms with Crippen LogP contribution in [0.25, 0.3) is 0 Å². The molecular formula is C10H15NO3. The normalized spacial score (nSPS) is 36.6. The topological polar surface area (TPSA) is 55.4 Å². The van der Waals surface area contributed by atoms with Crippen LogP contribution in [-0.2, 0) is 14.3 Å². The van der Waals surface area contributed by atoms with E-state index in [4.69, 9.17) is 4.74 Å². The predicted molar refractivity (Wildman–Crippen MR) is 49.7 cm³/mol. The van der Waals surface area contributed by atoms with E-state index in [1.165, 1.54) is 7.11 Å². The first-order valence-corrected chi connectivity index (χ1v) is 5.04. The van der Waals surface area contributed by atoms with Crippen molar-refractivity contribution < 1.29 is 14.3 Å². The molecule has 78 valence electrons. The fraction of sp³-hybridized carbons (Fsp3) is 0.800. The number of Topliss-reactive ketones (excluding diaryl/α,β-unsaturated/α-hetero) is 1. The van der Waals surface area contributed by atoms with Gasteiger partial charge in [0, 0.05) is 24.9 Å². The Morgan fingerprint density at radius 2 is 1.93 bits per heavy atom. The van der Waals surface area contributed by atoms with Gasteiger partial charge in [0.2, 0.25) is 0 Å². The van der Waals surface area contributed by atoms with E-state index in [2.05, 4.69) is 5.32 Å². The van der Waals surface area contributed by atoms with E-state index in [-0.39, 0.29) is 24.0 Å². The summed E-state index contributed by atoms with van der Waals surface area (Å²) in [5, 5.41) is 3.36. The molecule has 0 aromatic rings. The molecule has 14 heavy (non-hydrogen) atoms. The SMILES string of the molecule is COC(=O)C1C[C@H]2CC(=O)C[C@@H](C1)N2. The molecule has 1 unspecified atom stereocenters. The van der Waals surface area contributed by atoms with E-state index in [0.29, 0.717) is 18.6 Å². The van der Waals surface area contributed by atoms with E-state index in [1.807, 2.05) is 0 Å². The van der Waals surface area contributed by atoms with Crippen LogP contribution in [0.15, 0.2) is 0 Å². The summed E-state index contributed by atoms with van der Waals surface area (Å²) in [6.07, 6.45) is 2.64. The molecule has 0 radical (unpaired) electrons. The van der Waals surface area contributed by atoms with Crippen LogP contribution in [0.2, 0.25) is 0 Å². The van der Waals surface area contributed by atoms with Crippen LogP contribution in [0.5, 0.6) is 0 Å². The number of carbonyl (C=O) groups is 2. The molecule has 0 aromatic heterocycles. The Morgan fingerprint density at radius 1 is 1.36 bits per heavy atom. The Morgan fingerprint density at radius 3 is 2.43 bits per heavy atom. The summed E-state index contributed by atoms with van der Waals surface area (Å²) in [5.41, 5.74) is 0. The molecule has 0 saturated carbocycles. The van der Waals surface area contributed by atoms with Gasteiger partial charge in [-0.15, -0.1) is 0 Å². The molecule has 1 N–H and O–H groups in total. The van der Waals surface area contributed by atoms with Gasteiger partial charge in [0.1, 0.15) is 5.78 Å². The molecule has 3 atom stereocenters. The highest BCUT2D eigenvalue weighted by molar-refractivity contribution is 5.81. The maximum Gasteiger partial charge on any atom is 0.308 e. The number of nitrogens with one attached hydrogen (secondary N) is 1. The highest BCUT2D eigenvalue weighted by atomic mass is 16.5. The molecule has 4 heteroatoms. The third-order valence-corrected chi connectivity index (χ3v) is 3.09. The van der Waals surface area contributed by atoms with Gasteiger partial charge in [0.25, 0.3) is 0 Å². The molecule has 2 heterocycles. The summed E-state index contributed by atoms with van der Waals surface area (Å²) in [6, 6.07) is 0.387. The van der Waals surface area contributed by atoms with Gasteiger partial charge >= 0.3 is 5.97 Å². The van der Waals surface area contributed by atoms with Gasteiger partial charge in [-0.1, -0.05) is 0 Å². The minimum Gasteiger partial charge on any atom is -0.469 e. The molecule has 0 spiro atoms. The predicted octanol–water partition coefficient (Wildman–Crippen LogP) is 0.259. The van der Waals surface area contributed by atoms with Gasteiger partial charge < -0.3 is 10.1 Å². The molecule has 2 fully saturated rings. The zero-order valence-electron chi connectivity index (χ0n) is 8.29. The number of piperidine rings is 2. The number of ether oxygens (including phenoxy) is 1. The van der Waals surface area contributed by atoms with E-state index in [1.54, 1.807) is 0 Å². The van der Waals surface area contributed by atoms with E-state index in [9.17, 15) is 9.59 Å². The number of hydrogen-bond acceptors (Lipinski definition) is 4. The van der Waals surface area contributed by atoms with Crippen molar-refractivity contribution in [2.24, 2.45) is 5.92 Å². The summed E-state index contributed by atoms with van der Waals surface area (Å²) >= 11 is 0. The second-order valence-electron chi connectivity index (χ2n) is 4.20. The van der Waals surface area contributed by atoms with E-state index < -0.39 is 0 Å². The minimum absolute atomic E-state index is 0.00986. The van der Waals surface area contributed by atoms with Crippen LogP contribution in [-0.4, -0.2) is 30.9 Å². The van der Waals surface area contributed by atoms with Crippen molar-refractivity contribution in [3.8, 4) is 0 Å². The second kappa shape index (κ2) is 3.69. The monoisotopic (exact) mass is 197 g/mol. The van der Waals surface area contributed by atoms with Crippen LogP contribution in [0.4, 0.5) is 0 Å². The molecule has 2 bridgehead atoms. The molecular weight excluding hydrogens is 182 g/mol. The summed E-state index contributed by atoms with van der Waals surface area (Å²) in [5.74, 6) is 0.183. The zero-order valence-corrected chi connectivity index (χ0v) is 8.29. The smallest absolute Gasteiger partial charge is 0.308 e. The van der Waals surface area contributed by atoms with Crippen LogP contribution >= 0.6 is 0 Å². The highest BCUT2D eigenvalue weighted by Gasteiger charge is 2.37. The fourth-order valence-electron chi connectivity index (χ4n) is 2.53. The number of rotatable bonds is 1. The number of methoxy groups -OCH3 is 1. The quantitative estimate of drug-likeness (QED) is 0.613. The van der Waals surface area contributed by atoms with Crippen molar-refractivity contribution in [2.75, 3.05) is 7.11 Å². The zero-order chi connectivity index (χ0) is 10.1. The van der Waals surface area contributed by atoms with Gasteiger partial charge in [-0.25, -0.2) is 0 Å². The summed E-state index contributed by atoms with van der Waals surface area (Å²) < 4.78 is 4.73. The lowest BCUT2D eigenvalue weighted by atomic mass is 9.80. The van der Waals surface area contributed by atoms with Crippen molar-refractivity contribution in [1.29, 1.82) is 0 Å². The van der Waals surface area contributed by atoms with Crippen molar-refractivity contribution in [2.45, 2.75) is 37.8 Å². The first kappa shape index (κ1) is 9.65. The number of ketones is 1. The number of esters is 1. The van der Waals surface area contributed by atoms with Crippen molar-refractivity contribution in [3.63, 3.8) is 0 Å². The van der Waals surface area contributed by atoms with Gasteiger partial charge in [0.05, 0.1) is 13.0 Å². The van der Waals surface area contributed by atoms with Crippen LogP contribution in [0.3, 0.4) is 0 Å². The van der Waals surface area contributed by atoms with E-state index >= 15 is 0 Å². The summed E-state index contributed by atoms with van der Waals surface area (Å²) in [6.45, 7) is 0. The molecule has 2 saturated heterocycles. The van der Waals surface area contributed by atoms with E-state index in [0.717, 1.165) is 12.8 Å². The molecule has 4 nitrogen and oxygen atoms in total. The van der Waals surface area contributed by atoms with Crippen molar-refractivity contribution in [1.82, 2.24) is 5.32 Å². The Bertz CT molecular complexity index is 248. The standard InChI is InChI=1S/C10H15NO3/c1-14-10(13)6-2-7-4-9(12)5-8(3-6)11-7/h6-8,11H,2-5H2,1H3/t6?,7-,8+. The van der Waals surface area contributed by atoms with Crippen LogP contribution in [0, 0.1) is 5.92 Å². The first-order valence-electron chi connectivity index (χ1n) is 5.04. The van der Waals surface area contributed by atoms with Gasteiger partial charge in [-0.05, 0) is 12.8 Å². The average molecular weight is 197 g/mol. The Kier molecular flexibility index (Phi) is 2.54. The number of hydrogen-bond donors (Lipinski definition) is 1. The molecule has 0 amide bonds. The summed E-state index contributed by atoms with van der Waals surface area (Å²) in [4.78, 5) is 22.6. The Labute approximate surface area is 83.0 Å². The third kappa shape index (κ3) is 1.80. The Hall–Kier alpha value is -0.900. The molecule has 2 aliphatic rings. The van der Waals surface area contributed by atoms with Crippen molar-refractivity contribution in [3.05, 3.63) is 0 Å². The molecule has 2 aliphatic heterocycles. The number of fused-ring (bicyclic) bond motifs is 2. The maximum absolute atomic E-state index is 11.3. The molecule has 0 aromatic carbocycles. The highest BCUT2D eigenvalue weighted by Crippen LogP contribution is 2.28. The third-order valence-electron chi connectivity index (χ3n) is 3.09. The molecule has 0 aliphatic carbocycles. The van der Waals surface area contributed by atoms with Gasteiger partial charge in [0.15, 0.2) is 0 Å². The van der Waals surface area contributed by atoms with Gasteiger partial charge in [-0.3, -0.25) is 9.59 Å². The summed E-state index contributed by atoms with van der Waals surface area (Å²) in [7, 11) is 1.42. The minimum atomic E-state index is -0.129. The lowest BCUT2D eigenvalue weighted by Gasteiger charge is -2.38. The fourth-order valence-corrected chi connectivity index (χ4v) is 2.53. The largest absolute Gasteiger partial charge is 0.469 e. The Balaban J connectivity index is 2.01. The lowest BCUT2D eigenvalue weighted by Crippen LogP contribution is -2.52. The van der Waals surface area contributed by atoms with Gasteiger partial charge in [-0.2, -0.15) is 0 Å². The molecule has 2 rings (SSSR count). The average Bonchev–Trinajstić information content (AvgIpc) is 2.14.